The number of aliphatic hydroxyl groups excluding tert-OH is 1. The van der Waals surface area contributed by atoms with Crippen LogP contribution >= 0.6 is 0 Å². The summed E-state index contributed by atoms with van der Waals surface area (Å²) in [5.74, 6) is 1.47. The van der Waals surface area contributed by atoms with E-state index in [4.69, 9.17) is 5.11 Å². The van der Waals surface area contributed by atoms with Gasteiger partial charge in [-0.1, -0.05) is 24.6 Å². The molecule has 0 radical (unpaired) electrons. The van der Waals surface area contributed by atoms with Crippen LogP contribution in [0.2, 0.25) is 0 Å². The summed E-state index contributed by atoms with van der Waals surface area (Å²) in [6.45, 7) is 3.94. The predicted molar refractivity (Wildman–Crippen MR) is 51.9 cm³/mol. The maximum atomic E-state index is 8.64. The van der Waals surface area contributed by atoms with Crippen molar-refractivity contribution < 1.29 is 5.11 Å². The third-order valence-electron chi connectivity index (χ3n) is 2.68. The van der Waals surface area contributed by atoms with Gasteiger partial charge in [-0.25, -0.2) is 0 Å². The lowest BCUT2D eigenvalue weighted by molar-refractivity contribution is 0.340. The standard InChI is InChI=1S/C11H18O/c1-2-5-10-6-3-7-11(10)8-4-9-12/h2,4,8,10-12H,1,3,5-7,9H2/b8-4-/t10-,11-/m1/s1. The predicted octanol–water partition coefficient (Wildman–Crippen LogP) is 2.53. The van der Waals surface area contributed by atoms with Crippen molar-refractivity contribution >= 4 is 0 Å². The lowest BCUT2D eigenvalue weighted by Gasteiger charge is -2.13. The summed E-state index contributed by atoms with van der Waals surface area (Å²) in [4.78, 5) is 0. The average Bonchev–Trinajstić information content (AvgIpc) is 2.50. The zero-order valence-corrected chi connectivity index (χ0v) is 7.58. The van der Waals surface area contributed by atoms with Gasteiger partial charge in [-0.3, -0.25) is 0 Å². The third kappa shape index (κ3) is 2.49. The van der Waals surface area contributed by atoms with Gasteiger partial charge in [-0.05, 0) is 31.1 Å². The lowest BCUT2D eigenvalue weighted by atomic mass is 9.93. The van der Waals surface area contributed by atoms with Gasteiger partial charge in [0.15, 0.2) is 0 Å². The molecule has 0 amide bonds. The van der Waals surface area contributed by atoms with E-state index in [-0.39, 0.29) is 6.61 Å². The van der Waals surface area contributed by atoms with Crippen LogP contribution in [0.25, 0.3) is 0 Å². The molecule has 1 nitrogen and oxygen atoms in total. The Kier molecular flexibility index (Phi) is 4.09. The summed E-state index contributed by atoms with van der Waals surface area (Å²) < 4.78 is 0. The second-order valence-electron chi connectivity index (χ2n) is 3.49. The molecule has 0 heterocycles. The SMILES string of the molecule is C=CC[C@@H]1CCC[C@@H]1/C=C\CO. The summed E-state index contributed by atoms with van der Waals surface area (Å²) in [5, 5.41) is 8.64. The van der Waals surface area contributed by atoms with Crippen molar-refractivity contribution in [1.82, 2.24) is 0 Å². The van der Waals surface area contributed by atoms with Crippen molar-refractivity contribution in [3.63, 3.8) is 0 Å². The first kappa shape index (κ1) is 9.53. The van der Waals surface area contributed by atoms with E-state index in [1.807, 2.05) is 12.2 Å². The Hall–Kier alpha value is -0.560. The molecular weight excluding hydrogens is 148 g/mol. The molecule has 1 aliphatic rings. The maximum Gasteiger partial charge on any atom is 0.0612 e. The molecule has 1 aliphatic carbocycles. The van der Waals surface area contributed by atoms with Gasteiger partial charge in [0.05, 0.1) is 6.61 Å². The minimum Gasteiger partial charge on any atom is -0.392 e. The maximum absolute atomic E-state index is 8.64. The molecule has 12 heavy (non-hydrogen) atoms. The Bertz CT molecular complexity index is 160. The number of hydrogen-bond donors (Lipinski definition) is 1. The van der Waals surface area contributed by atoms with E-state index in [1.165, 1.54) is 19.3 Å². The Morgan fingerprint density at radius 1 is 1.42 bits per heavy atom. The first-order valence-electron chi connectivity index (χ1n) is 4.77. The van der Waals surface area contributed by atoms with Crippen molar-refractivity contribution in [1.29, 1.82) is 0 Å². The third-order valence-corrected chi connectivity index (χ3v) is 2.68. The van der Waals surface area contributed by atoms with Crippen molar-refractivity contribution in [2.45, 2.75) is 25.7 Å². The van der Waals surface area contributed by atoms with Crippen LogP contribution in [0.5, 0.6) is 0 Å². The molecule has 0 unspecified atom stereocenters. The molecule has 1 fully saturated rings. The van der Waals surface area contributed by atoms with E-state index in [1.54, 1.807) is 0 Å². The highest BCUT2D eigenvalue weighted by Crippen LogP contribution is 2.34. The highest BCUT2D eigenvalue weighted by atomic mass is 16.2. The van der Waals surface area contributed by atoms with Crippen LogP contribution in [-0.4, -0.2) is 11.7 Å². The van der Waals surface area contributed by atoms with Gasteiger partial charge in [-0.2, -0.15) is 0 Å². The smallest absolute Gasteiger partial charge is 0.0612 e. The average molecular weight is 166 g/mol. The Labute approximate surface area is 74.8 Å². The van der Waals surface area contributed by atoms with Gasteiger partial charge in [0.2, 0.25) is 0 Å². The molecule has 2 atom stereocenters. The normalized spacial score (nSPS) is 29.8. The van der Waals surface area contributed by atoms with E-state index < -0.39 is 0 Å². The number of allylic oxidation sites excluding steroid dienone is 2. The summed E-state index contributed by atoms with van der Waals surface area (Å²) in [5.41, 5.74) is 0. The molecule has 1 rings (SSSR count). The van der Waals surface area contributed by atoms with Gasteiger partial charge in [0.25, 0.3) is 0 Å². The van der Waals surface area contributed by atoms with Crippen LogP contribution in [0.4, 0.5) is 0 Å². The van der Waals surface area contributed by atoms with Crippen LogP contribution in [0, 0.1) is 11.8 Å². The molecule has 0 aliphatic heterocycles. The fraction of sp³-hybridized carbons (Fsp3) is 0.636. The van der Waals surface area contributed by atoms with E-state index in [0.717, 1.165) is 12.3 Å². The Morgan fingerprint density at radius 3 is 2.92 bits per heavy atom. The van der Waals surface area contributed by atoms with Crippen LogP contribution in [0.15, 0.2) is 24.8 Å². The largest absolute Gasteiger partial charge is 0.392 e. The van der Waals surface area contributed by atoms with Gasteiger partial charge in [-0.15, -0.1) is 6.58 Å². The van der Waals surface area contributed by atoms with Gasteiger partial charge in [0.1, 0.15) is 0 Å². The molecule has 0 bridgehead atoms. The van der Waals surface area contributed by atoms with E-state index in [0.29, 0.717) is 5.92 Å². The number of rotatable bonds is 4. The van der Waals surface area contributed by atoms with E-state index in [9.17, 15) is 0 Å². The molecule has 1 N–H and O–H groups in total. The zero-order chi connectivity index (χ0) is 8.81. The molecule has 0 aromatic carbocycles. The lowest BCUT2D eigenvalue weighted by Crippen LogP contribution is -2.03. The quantitative estimate of drug-likeness (QED) is 0.636. The zero-order valence-electron chi connectivity index (χ0n) is 7.58. The minimum absolute atomic E-state index is 0.178. The fourth-order valence-corrected chi connectivity index (χ4v) is 2.06. The summed E-state index contributed by atoms with van der Waals surface area (Å²) in [6.07, 6.45) is 11.1. The second-order valence-corrected chi connectivity index (χ2v) is 3.49. The second kappa shape index (κ2) is 5.15. The Balaban J connectivity index is 2.40. The van der Waals surface area contributed by atoms with Crippen LogP contribution in [0.1, 0.15) is 25.7 Å². The van der Waals surface area contributed by atoms with Crippen molar-refractivity contribution in [3.05, 3.63) is 24.8 Å². The molecule has 0 aromatic rings. The molecule has 0 saturated heterocycles. The fourth-order valence-electron chi connectivity index (χ4n) is 2.06. The number of hydrogen-bond acceptors (Lipinski definition) is 1. The monoisotopic (exact) mass is 166 g/mol. The molecule has 0 spiro atoms. The number of aliphatic hydroxyl groups is 1. The van der Waals surface area contributed by atoms with Crippen LogP contribution in [0.3, 0.4) is 0 Å². The van der Waals surface area contributed by atoms with E-state index >= 15 is 0 Å². The summed E-state index contributed by atoms with van der Waals surface area (Å²) in [6, 6.07) is 0. The summed E-state index contributed by atoms with van der Waals surface area (Å²) in [7, 11) is 0. The van der Waals surface area contributed by atoms with E-state index in [2.05, 4.69) is 12.7 Å². The topological polar surface area (TPSA) is 20.2 Å². The van der Waals surface area contributed by atoms with Crippen molar-refractivity contribution in [2.75, 3.05) is 6.61 Å². The minimum atomic E-state index is 0.178. The highest BCUT2D eigenvalue weighted by Gasteiger charge is 2.23. The first-order valence-corrected chi connectivity index (χ1v) is 4.77. The molecule has 1 saturated carbocycles. The molecule has 0 aromatic heterocycles. The highest BCUT2D eigenvalue weighted by molar-refractivity contribution is 4.96. The summed E-state index contributed by atoms with van der Waals surface area (Å²) >= 11 is 0. The Morgan fingerprint density at radius 2 is 2.25 bits per heavy atom. The van der Waals surface area contributed by atoms with Crippen LogP contribution in [-0.2, 0) is 0 Å². The van der Waals surface area contributed by atoms with Gasteiger partial charge in [0, 0.05) is 0 Å². The van der Waals surface area contributed by atoms with Gasteiger partial charge < -0.3 is 5.11 Å². The van der Waals surface area contributed by atoms with Gasteiger partial charge >= 0.3 is 0 Å². The molecule has 1 heteroatoms. The van der Waals surface area contributed by atoms with Crippen molar-refractivity contribution in [3.8, 4) is 0 Å². The van der Waals surface area contributed by atoms with Crippen molar-refractivity contribution in [2.24, 2.45) is 11.8 Å². The first-order chi connectivity index (χ1) is 5.88. The molecule has 68 valence electrons. The van der Waals surface area contributed by atoms with Crippen LogP contribution < -0.4 is 0 Å². The molecular formula is C11H18O.